The molecule has 15 heavy (non-hydrogen) atoms. The van der Waals surface area contributed by atoms with Gasteiger partial charge in [-0.15, -0.1) is 0 Å². The number of rotatable bonds is 4. The topological polar surface area (TPSA) is 26.3 Å². The van der Waals surface area contributed by atoms with Gasteiger partial charge in [0, 0.05) is 5.33 Å². The Morgan fingerprint density at radius 2 is 1.93 bits per heavy atom. The number of ether oxygens (including phenoxy) is 1. The van der Waals surface area contributed by atoms with E-state index in [9.17, 15) is 4.79 Å². The summed E-state index contributed by atoms with van der Waals surface area (Å²) in [6.07, 6.45) is 0.763. The van der Waals surface area contributed by atoms with Crippen LogP contribution in [0.2, 0.25) is 0 Å². The molecule has 0 aliphatic rings. The van der Waals surface area contributed by atoms with E-state index in [0.29, 0.717) is 5.75 Å². The highest BCUT2D eigenvalue weighted by Gasteiger charge is 2.28. The third kappa shape index (κ3) is 3.67. The molecule has 0 radical (unpaired) electrons. The third-order valence-corrected chi connectivity index (χ3v) is 2.62. The summed E-state index contributed by atoms with van der Waals surface area (Å²) in [7, 11) is 0. The number of hydrogen-bond acceptors (Lipinski definition) is 2. The highest BCUT2D eigenvalue weighted by atomic mass is 79.9. The minimum absolute atomic E-state index is 0.187. The van der Waals surface area contributed by atoms with Gasteiger partial charge in [-0.05, 0) is 32.4 Å². The maximum absolute atomic E-state index is 11.8. The van der Waals surface area contributed by atoms with Crippen molar-refractivity contribution >= 4 is 21.9 Å². The first-order valence-corrected chi connectivity index (χ1v) is 6.02. The number of carbonyl (C=O) groups excluding carboxylic acids is 1. The van der Waals surface area contributed by atoms with Gasteiger partial charge in [0.05, 0.1) is 5.41 Å². The Morgan fingerprint density at radius 1 is 1.33 bits per heavy atom. The van der Waals surface area contributed by atoms with Crippen LogP contribution in [0, 0.1) is 5.41 Å². The van der Waals surface area contributed by atoms with E-state index in [0.717, 1.165) is 11.8 Å². The van der Waals surface area contributed by atoms with Crippen molar-refractivity contribution < 1.29 is 9.53 Å². The molecule has 0 unspecified atom stereocenters. The van der Waals surface area contributed by atoms with Gasteiger partial charge < -0.3 is 4.74 Å². The number of alkyl halides is 1. The lowest BCUT2D eigenvalue weighted by Gasteiger charge is -2.20. The zero-order valence-electron chi connectivity index (χ0n) is 9.00. The SMILES string of the molecule is CC(C)(CCBr)C(=O)Oc1ccccc1. The third-order valence-electron chi connectivity index (χ3n) is 2.23. The Balaban J connectivity index is 2.63. The van der Waals surface area contributed by atoms with E-state index in [4.69, 9.17) is 4.74 Å². The first-order valence-electron chi connectivity index (χ1n) is 4.89. The Labute approximate surface area is 98.8 Å². The summed E-state index contributed by atoms with van der Waals surface area (Å²) in [4.78, 5) is 11.8. The average molecular weight is 271 g/mol. The van der Waals surface area contributed by atoms with Crippen LogP contribution in [0.3, 0.4) is 0 Å². The van der Waals surface area contributed by atoms with Crippen molar-refractivity contribution in [2.75, 3.05) is 5.33 Å². The molecule has 0 saturated heterocycles. The molecule has 0 fully saturated rings. The minimum atomic E-state index is -0.445. The van der Waals surface area contributed by atoms with E-state index in [1.54, 1.807) is 12.1 Å². The second-order valence-electron chi connectivity index (χ2n) is 4.03. The van der Waals surface area contributed by atoms with E-state index < -0.39 is 5.41 Å². The molecule has 0 amide bonds. The summed E-state index contributed by atoms with van der Waals surface area (Å²) in [5.41, 5.74) is -0.445. The van der Waals surface area contributed by atoms with Gasteiger partial charge in [-0.3, -0.25) is 4.79 Å². The molecule has 0 spiro atoms. The maximum Gasteiger partial charge on any atom is 0.316 e. The average Bonchev–Trinajstić information content (AvgIpc) is 2.19. The van der Waals surface area contributed by atoms with E-state index in [1.807, 2.05) is 32.0 Å². The van der Waals surface area contributed by atoms with Gasteiger partial charge in [-0.2, -0.15) is 0 Å². The summed E-state index contributed by atoms with van der Waals surface area (Å²) < 4.78 is 5.27. The van der Waals surface area contributed by atoms with Crippen molar-refractivity contribution in [3.05, 3.63) is 30.3 Å². The Morgan fingerprint density at radius 3 is 2.47 bits per heavy atom. The normalized spacial score (nSPS) is 11.1. The van der Waals surface area contributed by atoms with Gasteiger partial charge in [-0.1, -0.05) is 34.1 Å². The van der Waals surface area contributed by atoms with Crippen molar-refractivity contribution in [3.8, 4) is 5.75 Å². The van der Waals surface area contributed by atoms with Crippen molar-refractivity contribution in [2.45, 2.75) is 20.3 Å². The lowest BCUT2D eigenvalue weighted by Crippen LogP contribution is -2.29. The molecule has 0 saturated carbocycles. The molecule has 0 N–H and O–H groups in total. The van der Waals surface area contributed by atoms with E-state index >= 15 is 0 Å². The van der Waals surface area contributed by atoms with E-state index in [-0.39, 0.29) is 5.97 Å². The highest BCUT2D eigenvalue weighted by molar-refractivity contribution is 9.09. The fourth-order valence-corrected chi connectivity index (χ4v) is 2.06. The fraction of sp³-hybridized carbons (Fsp3) is 0.417. The predicted octanol–water partition coefficient (Wildman–Crippen LogP) is 3.40. The van der Waals surface area contributed by atoms with Gasteiger partial charge >= 0.3 is 5.97 Å². The van der Waals surface area contributed by atoms with Crippen LogP contribution in [0.4, 0.5) is 0 Å². The summed E-state index contributed by atoms with van der Waals surface area (Å²) in [6.45, 7) is 3.78. The van der Waals surface area contributed by atoms with Crippen LogP contribution in [0.5, 0.6) is 5.75 Å². The summed E-state index contributed by atoms with van der Waals surface area (Å²) in [6, 6.07) is 9.14. The summed E-state index contributed by atoms with van der Waals surface area (Å²) in [5.74, 6) is 0.415. The standard InChI is InChI=1S/C12H15BrO2/c1-12(2,8-9-13)11(14)15-10-6-4-3-5-7-10/h3-7H,8-9H2,1-2H3. The van der Waals surface area contributed by atoms with Crippen molar-refractivity contribution in [3.63, 3.8) is 0 Å². The van der Waals surface area contributed by atoms with Crippen LogP contribution < -0.4 is 4.74 Å². The van der Waals surface area contributed by atoms with Gasteiger partial charge in [0.25, 0.3) is 0 Å². The van der Waals surface area contributed by atoms with Crippen LogP contribution in [-0.4, -0.2) is 11.3 Å². The molecule has 0 aliphatic heterocycles. The largest absolute Gasteiger partial charge is 0.426 e. The predicted molar refractivity (Wildman–Crippen MR) is 64.3 cm³/mol. The Kier molecular flexibility index (Phi) is 4.33. The van der Waals surface area contributed by atoms with Gasteiger partial charge in [0.15, 0.2) is 0 Å². The monoisotopic (exact) mass is 270 g/mol. The lowest BCUT2D eigenvalue weighted by molar-refractivity contribution is -0.144. The first kappa shape index (κ1) is 12.2. The highest BCUT2D eigenvalue weighted by Crippen LogP contribution is 2.24. The van der Waals surface area contributed by atoms with Crippen molar-refractivity contribution in [1.29, 1.82) is 0 Å². The molecule has 1 rings (SSSR count). The quantitative estimate of drug-likeness (QED) is 0.476. The molecular formula is C12H15BrO2. The zero-order chi connectivity index (χ0) is 11.3. The maximum atomic E-state index is 11.8. The Bertz CT molecular complexity index is 320. The zero-order valence-corrected chi connectivity index (χ0v) is 10.6. The second-order valence-corrected chi connectivity index (χ2v) is 4.82. The first-order chi connectivity index (χ1) is 7.06. The van der Waals surface area contributed by atoms with Crippen LogP contribution >= 0.6 is 15.9 Å². The molecule has 2 nitrogen and oxygen atoms in total. The summed E-state index contributed by atoms with van der Waals surface area (Å²) in [5, 5.41) is 0.796. The molecule has 1 aromatic rings. The molecule has 0 bridgehead atoms. The van der Waals surface area contributed by atoms with Crippen LogP contribution in [0.15, 0.2) is 30.3 Å². The summed E-state index contributed by atoms with van der Waals surface area (Å²) >= 11 is 3.33. The molecule has 0 aromatic heterocycles. The fourth-order valence-electron chi connectivity index (χ4n) is 1.07. The van der Waals surface area contributed by atoms with Crippen molar-refractivity contribution in [1.82, 2.24) is 0 Å². The molecular weight excluding hydrogens is 256 g/mol. The van der Waals surface area contributed by atoms with Gasteiger partial charge in [0.2, 0.25) is 0 Å². The van der Waals surface area contributed by atoms with Crippen LogP contribution in [-0.2, 0) is 4.79 Å². The number of esters is 1. The molecule has 0 atom stereocenters. The van der Waals surface area contributed by atoms with Crippen LogP contribution in [0.1, 0.15) is 20.3 Å². The minimum Gasteiger partial charge on any atom is -0.426 e. The van der Waals surface area contributed by atoms with Gasteiger partial charge in [-0.25, -0.2) is 0 Å². The molecule has 82 valence electrons. The smallest absolute Gasteiger partial charge is 0.316 e. The van der Waals surface area contributed by atoms with Crippen molar-refractivity contribution in [2.24, 2.45) is 5.41 Å². The van der Waals surface area contributed by atoms with E-state index in [1.165, 1.54) is 0 Å². The van der Waals surface area contributed by atoms with Crippen LogP contribution in [0.25, 0.3) is 0 Å². The molecule has 0 aliphatic carbocycles. The Hall–Kier alpha value is -0.830. The number of halogens is 1. The number of carbonyl (C=O) groups is 1. The molecule has 0 heterocycles. The number of hydrogen-bond donors (Lipinski definition) is 0. The second kappa shape index (κ2) is 5.31. The number of para-hydroxylation sites is 1. The number of benzene rings is 1. The van der Waals surface area contributed by atoms with E-state index in [2.05, 4.69) is 15.9 Å². The molecule has 1 aromatic carbocycles. The lowest BCUT2D eigenvalue weighted by atomic mass is 9.91. The molecule has 3 heteroatoms. The van der Waals surface area contributed by atoms with Gasteiger partial charge in [0.1, 0.15) is 5.75 Å².